The van der Waals surface area contributed by atoms with E-state index in [-0.39, 0.29) is 18.0 Å². The minimum Gasteiger partial charge on any atom is -0.467 e. The fourth-order valence-corrected chi connectivity index (χ4v) is 5.41. The maximum atomic E-state index is 13.6. The number of thioether (sulfide) groups is 1. The first-order valence-electron chi connectivity index (χ1n) is 11.3. The Hall–Kier alpha value is -3.18. The standard InChI is InChI=1S/C27H23Cl2N3O3S/c1-16(2)18-6-8-19(9-7-18)32-26(34)24(13-17-5-10-22(28)23(29)12-17)36-27(32)21(14-30)25(33)31-15-20-4-3-11-35-20/h3-12,16,24H,13,15H2,1-2H3,(H,31,33)/b27-21-. The van der Waals surface area contributed by atoms with Crippen LogP contribution in [0, 0.1) is 11.3 Å². The van der Waals surface area contributed by atoms with E-state index in [1.807, 2.05) is 36.4 Å². The number of nitrogens with zero attached hydrogens (tertiary/aromatic N) is 2. The van der Waals surface area contributed by atoms with Crippen molar-refractivity contribution in [3.8, 4) is 6.07 Å². The Balaban J connectivity index is 1.69. The Morgan fingerprint density at radius 3 is 2.53 bits per heavy atom. The van der Waals surface area contributed by atoms with Gasteiger partial charge in [-0.15, -0.1) is 0 Å². The molecule has 0 saturated carbocycles. The highest BCUT2D eigenvalue weighted by atomic mass is 35.5. The van der Waals surface area contributed by atoms with Gasteiger partial charge in [-0.3, -0.25) is 14.5 Å². The Kier molecular flexibility index (Phi) is 8.10. The van der Waals surface area contributed by atoms with Crippen LogP contribution in [-0.4, -0.2) is 17.1 Å². The number of hydrogen-bond donors (Lipinski definition) is 1. The van der Waals surface area contributed by atoms with Crippen LogP contribution in [-0.2, 0) is 22.6 Å². The van der Waals surface area contributed by atoms with Crippen molar-refractivity contribution in [1.29, 1.82) is 5.26 Å². The summed E-state index contributed by atoms with van der Waals surface area (Å²) >= 11 is 13.4. The minimum absolute atomic E-state index is 0.124. The van der Waals surface area contributed by atoms with Crippen LogP contribution < -0.4 is 10.2 Å². The SMILES string of the molecule is CC(C)c1ccc(N2C(=O)C(Cc3ccc(Cl)c(Cl)c3)S/C2=C(/C#N)C(=O)NCc2ccco2)cc1. The topological polar surface area (TPSA) is 86.3 Å². The summed E-state index contributed by atoms with van der Waals surface area (Å²) in [6.45, 7) is 4.29. The third-order valence-electron chi connectivity index (χ3n) is 5.73. The molecule has 184 valence electrons. The molecular weight excluding hydrogens is 517 g/mol. The average molecular weight is 540 g/mol. The Labute approximate surface area is 223 Å². The largest absolute Gasteiger partial charge is 0.467 e. The lowest BCUT2D eigenvalue weighted by Crippen LogP contribution is -2.32. The molecule has 1 saturated heterocycles. The highest BCUT2D eigenvalue weighted by Crippen LogP contribution is 2.42. The molecule has 36 heavy (non-hydrogen) atoms. The van der Waals surface area contributed by atoms with E-state index in [9.17, 15) is 14.9 Å². The van der Waals surface area contributed by atoms with E-state index in [4.69, 9.17) is 27.6 Å². The van der Waals surface area contributed by atoms with Crippen LogP contribution in [0.25, 0.3) is 0 Å². The van der Waals surface area contributed by atoms with Crippen molar-refractivity contribution < 1.29 is 14.0 Å². The fraction of sp³-hybridized carbons (Fsp3) is 0.222. The van der Waals surface area contributed by atoms with Gasteiger partial charge in [-0.25, -0.2) is 0 Å². The molecule has 1 aliphatic rings. The van der Waals surface area contributed by atoms with Crippen molar-refractivity contribution in [2.75, 3.05) is 4.90 Å². The van der Waals surface area contributed by atoms with Crippen molar-refractivity contribution in [1.82, 2.24) is 5.32 Å². The third kappa shape index (κ3) is 5.62. The number of hydrogen-bond acceptors (Lipinski definition) is 5. The number of benzene rings is 2. The summed E-state index contributed by atoms with van der Waals surface area (Å²) in [5, 5.41) is 13.2. The van der Waals surface area contributed by atoms with Crippen LogP contribution >= 0.6 is 35.0 Å². The van der Waals surface area contributed by atoms with Gasteiger partial charge in [0.2, 0.25) is 5.91 Å². The first kappa shape index (κ1) is 25.9. The van der Waals surface area contributed by atoms with Gasteiger partial charge < -0.3 is 9.73 Å². The second-order valence-corrected chi connectivity index (χ2v) is 10.5. The third-order valence-corrected chi connectivity index (χ3v) is 7.73. The lowest BCUT2D eigenvalue weighted by atomic mass is 10.0. The molecule has 0 aliphatic carbocycles. The van der Waals surface area contributed by atoms with E-state index in [1.165, 1.54) is 22.9 Å². The second kappa shape index (κ2) is 11.3. The molecule has 0 bridgehead atoms. The monoisotopic (exact) mass is 539 g/mol. The second-order valence-electron chi connectivity index (χ2n) is 8.53. The summed E-state index contributed by atoms with van der Waals surface area (Å²) in [4.78, 5) is 28.1. The predicted octanol–water partition coefficient (Wildman–Crippen LogP) is 6.45. The van der Waals surface area contributed by atoms with Crippen molar-refractivity contribution >= 4 is 52.5 Å². The number of carbonyl (C=O) groups excluding carboxylic acids is 2. The summed E-state index contributed by atoms with van der Waals surface area (Å²) < 4.78 is 5.26. The van der Waals surface area contributed by atoms with E-state index in [2.05, 4.69) is 19.2 Å². The van der Waals surface area contributed by atoms with E-state index in [0.29, 0.717) is 38.9 Å². The molecule has 2 amide bonds. The molecule has 1 aromatic heterocycles. The van der Waals surface area contributed by atoms with Crippen LogP contribution in [0.4, 0.5) is 5.69 Å². The van der Waals surface area contributed by atoms with Crippen molar-refractivity contribution in [3.63, 3.8) is 0 Å². The van der Waals surface area contributed by atoms with E-state index >= 15 is 0 Å². The number of rotatable bonds is 7. The molecule has 0 spiro atoms. The maximum Gasteiger partial charge on any atom is 0.265 e. The molecule has 9 heteroatoms. The molecule has 1 atom stereocenters. The molecule has 0 radical (unpaired) electrons. The zero-order valence-corrected chi connectivity index (χ0v) is 22.0. The van der Waals surface area contributed by atoms with Gasteiger partial charge in [0.15, 0.2) is 0 Å². The lowest BCUT2D eigenvalue weighted by Gasteiger charge is -2.19. The molecule has 3 aromatic rings. The van der Waals surface area contributed by atoms with Gasteiger partial charge in [-0.2, -0.15) is 5.26 Å². The number of nitrogens with one attached hydrogen (secondary N) is 1. The summed E-state index contributed by atoms with van der Waals surface area (Å²) in [6.07, 6.45) is 1.87. The highest BCUT2D eigenvalue weighted by molar-refractivity contribution is 8.05. The maximum absolute atomic E-state index is 13.6. The van der Waals surface area contributed by atoms with Crippen LogP contribution in [0.5, 0.6) is 0 Å². The normalized spacial score (nSPS) is 16.8. The number of halogens is 2. The molecule has 2 heterocycles. The molecule has 1 fully saturated rings. The Bertz CT molecular complexity index is 1350. The van der Waals surface area contributed by atoms with Gasteiger partial charge in [0.25, 0.3) is 5.91 Å². The van der Waals surface area contributed by atoms with Gasteiger partial charge in [0.05, 0.1) is 28.1 Å². The highest BCUT2D eigenvalue weighted by Gasteiger charge is 2.40. The average Bonchev–Trinajstić information content (AvgIpc) is 3.49. The molecular formula is C27H23Cl2N3O3S. The van der Waals surface area contributed by atoms with Crippen molar-refractivity contribution in [2.24, 2.45) is 0 Å². The fourth-order valence-electron chi connectivity index (χ4n) is 3.78. The summed E-state index contributed by atoms with van der Waals surface area (Å²) in [6, 6.07) is 18.2. The predicted molar refractivity (Wildman–Crippen MR) is 143 cm³/mol. The number of nitriles is 1. The zero-order chi connectivity index (χ0) is 25.8. The number of carbonyl (C=O) groups is 2. The van der Waals surface area contributed by atoms with Crippen molar-refractivity contribution in [2.45, 2.75) is 38.0 Å². The van der Waals surface area contributed by atoms with E-state index in [0.717, 1.165) is 11.1 Å². The Morgan fingerprint density at radius 2 is 1.92 bits per heavy atom. The number of anilines is 1. The first-order valence-corrected chi connectivity index (χ1v) is 12.9. The summed E-state index contributed by atoms with van der Waals surface area (Å²) in [5.41, 5.74) is 2.40. The van der Waals surface area contributed by atoms with E-state index in [1.54, 1.807) is 24.3 Å². The molecule has 1 aliphatic heterocycles. The van der Waals surface area contributed by atoms with Crippen LogP contribution in [0.1, 0.15) is 36.7 Å². The first-order chi connectivity index (χ1) is 17.3. The summed E-state index contributed by atoms with van der Waals surface area (Å²) in [5.74, 6) is 0.0784. The lowest BCUT2D eigenvalue weighted by molar-refractivity contribution is -0.117. The van der Waals surface area contributed by atoms with Gasteiger partial charge >= 0.3 is 0 Å². The molecule has 2 aromatic carbocycles. The zero-order valence-electron chi connectivity index (χ0n) is 19.6. The molecule has 1 N–H and O–H groups in total. The number of amides is 2. The van der Waals surface area contributed by atoms with Crippen LogP contribution in [0.3, 0.4) is 0 Å². The van der Waals surface area contributed by atoms with Gasteiger partial charge in [-0.1, -0.05) is 67.0 Å². The summed E-state index contributed by atoms with van der Waals surface area (Å²) in [7, 11) is 0. The smallest absolute Gasteiger partial charge is 0.265 e. The van der Waals surface area contributed by atoms with Crippen molar-refractivity contribution in [3.05, 3.63) is 98.4 Å². The van der Waals surface area contributed by atoms with Gasteiger partial charge in [0, 0.05) is 5.69 Å². The van der Waals surface area contributed by atoms with Gasteiger partial charge in [0.1, 0.15) is 22.4 Å². The molecule has 1 unspecified atom stereocenters. The van der Waals surface area contributed by atoms with Crippen LogP contribution in [0.15, 0.2) is 75.9 Å². The quantitative estimate of drug-likeness (QED) is 0.275. The van der Waals surface area contributed by atoms with Crippen LogP contribution in [0.2, 0.25) is 10.0 Å². The minimum atomic E-state index is -0.580. The molecule has 4 rings (SSSR count). The Morgan fingerprint density at radius 1 is 1.17 bits per heavy atom. The number of furan rings is 1. The van der Waals surface area contributed by atoms with Gasteiger partial charge in [-0.05, 0) is 59.9 Å². The van der Waals surface area contributed by atoms with E-state index < -0.39 is 11.2 Å². The molecule has 6 nitrogen and oxygen atoms in total.